The first kappa shape index (κ1) is 12.4. The van der Waals surface area contributed by atoms with Crippen molar-refractivity contribution in [1.29, 1.82) is 0 Å². The quantitative estimate of drug-likeness (QED) is 0.780. The van der Waals surface area contributed by atoms with Gasteiger partial charge in [-0.2, -0.15) is 0 Å². The molecule has 19 heavy (non-hydrogen) atoms. The summed E-state index contributed by atoms with van der Waals surface area (Å²) in [6.45, 7) is 1.58. The van der Waals surface area contributed by atoms with E-state index >= 15 is 0 Å². The molecular formula is C12H11BrN4O2. The zero-order chi connectivity index (χ0) is 13.2. The number of hydrogen-bond donors (Lipinski definition) is 0. The summed E-state index contributed by atoms with van der Waals surface area (Å²) in [5.74, 6) is 0. The molecule has 2 aromatic rings. The second-order valence-electron chi connectivity index (χ2n) is 4.22. The number of morpholine rings is 1. The van der Waals surface area contributed by atoms with Crippen molar-refractivity contribution in [3.8, 4) is 0 Å². The molecule has 0 aliphatic carbocycles. The molecule has 1 aliphatic heterocycles. The summed E-state index contributed by atoms with van der Waals surface area (Å²) in [5.41, 5.74) is 2.18. The van der Waals surface area contributed by atoms with Gasteiger partial charge in [-0.1, -0.05) is 0 Å². The van der Waals surface area contributed by atoms with Crippen molar-refractivity contribution in [2.75, 3.05) is 19.8 Å². The third-order valence-corrected chi connectivity index (χ3v) is 3.66. The number of rotatable bonds is 2. The Bertz CT molecular complexity index is 622. The zero-order valence-corrected chi connectivity index (χ0v) is 11.6. The van der Waals surface area contributed by atoms with Crippen molar-refractivity contribution >= 4 is 33.4 Å². The van der Waals surface area contributed by atoms with Crippen molar-refractivity contribution in [3.05, 3.63) is 28.8 Å². The van der Waals surface area contributed by atoms with E-state index in [4.69, 9.17) is 4.74 Å². The van der Waals surface area contributed by atoms with E-state index in [0.29, 0.717) is 25.3 Å². The van der Waals surface area contributed by atoms with E-state index in [1.54, 1.807) is 23.5 Å². The third-order valence-electron chi connectivity index (χ3n) is 3.08. The van der Waals surface area contributed by atoms with E-state index in [-0.39, 0.29) is 6.04 Å². The summed E-state index contributed by atoms with van der Waals surface area (Å²) in [5, 5.41) is 0. The molecule has 1 fully saturated rings. The molecule has 0 saturated carbocycles. The lowest BCUT2D eigenvalue weighted by atomic mass is 10.1. The van der Waals surface area contributed by atoms with Gasteiger partial charge in [-0.15, -0.1) is 0 Å². The van der Waals surface area contributed by atoms with E-state index in [2.05, 4.69) is 30.9 Å². The number of aromatic nitrogens is 3. The Morgan fingerprint density at radius 3 is 3.16 bits per heavy atom. The minimum absolute atomic E-state index is 0.178. The SMILES string of the molecule is O=CN1CCOCC1c1cnc2cncc(Br)c2n1. The third kappa shape index (κ3) is 2.31. The highest BCUT2D eigenvalue weighted by Crippen LogP contribution is 2.24. The molecule has 6 nitrogen and oxygen atoms in total. The van der Waals surface area contributed by atoms with Crippen LogP contribution in [-0.4, -0.2) is 46.0 Å². The number of ether oxygens (including phenoxy) is 1. The number of fused-ring (bicyclic) bond motifs is 1. The number of halogens is 1. The zero-order valence-electron chi connectivity index (χ0n) is 9.99. The Morgan fingerprint density at radius 2 is 2.32 bits per heavy atom. The molecule has 0 spiro atoms. The molecule has 1 atom stereocenters. The number of hydrogen-bond acceptors (Lipinski definition) is 5. The first-order valence-electron chi connectivity index (χ1n) is 5.84. The summed E-state index contributed by atoms with van der Waals surface area (Å²) < 4.78 is 6.20. The van der Waals surface area contributed by atoms with Gasteiger partial charge < -0.3 is 9.64 Å². The second-order valence-corrected chi connectivity index (χ2v) is 5.07. The van der Waals surface area contributed by atoms with Gasteiger partial charge in [0.2, 0.25) is 6.41 Å². The summed E-state index contributed by atoms with van der Waals surface area (Å²) >= 11 is 3.41. The number of pyridine rings is 1. The van der Waals surface area contributed by atoms with E-state index in [9.17, 15) is 4.79 Å². The highest BCUT2D eigenvalue weighted by atomic mass is 79.9. The highest BCUT2D eigenvalue weighted by Gasteiger charge is 2.25. The van der Waals surface area contributed by atoms with Gasteiger partial charge in [-0.05, 0) is 15.9 Å². The molecule has 0 aromatic carbocycles. The largest absolute Gasteiger partial charge is 0.377 e. The average molecular weight is 323 g/mol. The molecule has 7 heteroatoms. The van der Waals surface area contributed by atoms with Gasteiger partial charge in [0, 0.05) is 12.7 Å². The van der Waals surface area contributed by atoms with Crippen LogP contribution in [0.25, 0.3) is 11.0 Å². The average Bonchev–Trinajstić information content (AvgIpc) is 2.47. The minimum atomic E-state index is -0.178. The molecule has 1 aliphatic rings. The van der Waals surface area contributed by atoms with Crippen LogP contribution >= 0.6 is 15.9 Å². The lowest BCUT2D eigenvalue weighted by Gasteiger charge is -2.31. The van der Waals surface area contributed by atoms with E-state index in [1.807, 2.05) is 0 Å². The molecule has 0 N–H and O–H groups in total. The van der Waals surface area contributed by atoms with Gasteiger partial charge >= 0.3 is 0 Å². The highest BCUT2D eigenvalue weighted by molar-refractivity contribution is 9.10. The fraction of sp³-hybridized carbons (Fsp3) is 0.333. The maximum Gasteiger partial charge on any atom is 0.210 e. The fourth-order valence-electron chi connectivity index (χ4n) is 2.08. The summed E-state index contributed by atoms with van der Waals surface area (Å²) in [7, 11) is 0. The van der Waals surface area contributed by atoms with Gasteiger partial charge in [0.05, 0.1) is 41.8 Å². The van der Waals surface area contributed by atoms with Crippen LogP contribution in [0.4, 0.5) is 0 Å². The van der Waals surface area contributed by atoms with Gasteiger partial charge in [0.1, 0.15) is 11.0 Å². The predicted molar refractivity (Wildman–Crippen MR) is 71.4 cm³/mol. The molecular weight excluding hydrogens is 312 g/mol. The lowest BCUT2D eigenvalue weighted by molar-refractivity contribution is -0.126. The van der Waals surface area contributed by atoms with E-state index in [0.717, 1.165) is 22.1 Å². The van der Waals surface area contributed by atoms with Crippen LogP contribution in [0.2, 0.25) is 0 Å². The Kier molecular flexibility index (Phi) is 3.39. The Hall–Kier alpha value is -1.60. The Labute approximate surface area is 117 Å². The van der Waals surface area contributed by atoms with Crippen LogP contribution < -0.4 is 0 Å². The first-order chi connectivity index (χ1) is 9.29. The van der Waals surface area contributed by atoms with Gasteiger partial charge in [0.25, 0.3) is 0 Å². The maximum absolute atomic E-state index is 11.1. The first-order valence-corrected chi connectivity index (χ1v) is 6.64. The monoisotopic (exact) mass is 322 g/mol. The van der Waals surface area contributed by atoms with Crippen molar-refractivity contribution in [3.63, 3.8) is 0 Å². The van der Waals surface area contributed by atoms with E-state index in [1.165, 1.54) is 0 Å². The number of amides is 1. The molecule has 1 amide bonds. The molecule has 1 unspecified atom stereocenters. The summed E-state index contributed by atoms with van der Waals surface area (Å²) in [6, 6.07) is -0.178. The Morgan fingerprint density at radius 1 is 1.42 bits per heavy atom. The summed E-state index contributed by atoms with van der Waals surface area (Å²) in [6.07, 6.45) is 5.84. The number of carbonyl (C=O) groups is 1. The normalized spacial score (nSPS) is 19.6. The fourth-order valence-corrected chi connectivity index (χ4v) is 2.49. The molecule has 0 bridgehead atoms. The van der Waals surface area contributed by atoms with Crippen LogP contribution in [0, 0.1) is 0 Å². The molecule has 1 saturated heterocycles. The molecule has 2 aromatic heterocycles. The minimum Gasteiger partial charge on any atom is -0.377 e. The lowest BCUT2D eigenvalue weighted by Crippen LogP contribution is -2.38. The van der Waals surface area contributed by atoms with Crippen molar-refractivity contribution in [2.45, 2.75) is 6.04 Å². The van der Waals surface area contributed by atoms with Gasteiger partial charge in [-0.25, -0.2) is 4.98 Å². The smallest absolute Gasteiger partial charge is 0.210 e. The summed E-state index contributed by atoms with van der Waals surface area (Å²) in [4.78, 5) is 25.7. The molecule has 3 heterocycles. The van der Waals surface area contributed by atoms with Gasteiger partial charge in [0.15, 0.2) is 0 Å². The second kappa shape index (κ2) is 5.18. The Balaban J connectivity index is 2.04. The van der Waals surface area contributed by atoms with Crippen LogP contribution in [0.3, 0.4) is 0 Å². The van der Waals surface area contributed by atoms with E-state index < -0.39 is 0 Å². The number of nitrogens with zero attached hydrogens (tertiary/aromatic N) is 4. The standard InChI is InChI=1S/C12H11BrN4O2/c13-8-3-14-4-10-12(8)16-9(5-15-10)11-6-19-2-1-17(11)7-18/h3-5,7,11H,1-2,6H2. The molecule has 98 valence electrons. The number of carbonyl (C=O) groups excluding carboxylic acids is 1. The van der Waals surface area contributed by atoms with Crippen molar-refractivity contribution in [1.82, 2.24) is 19.9 Å². The molecule has 3 rings (SSSR count). The van der Waals surface area contributed by atoms with Crippen LogP contribution in [-0.2, 0) is 9.53 Å². The van der Waals surface area contributed by atoms with Crippen LogP contribution in [0.15, 0.2) is 23.1 Å². The van der Waals surface area contributed by atoms with Crippen molar-refractivity contribution < 1.29 is 9.53 Å². The van der Waals surface area contributed by atoms with Gasteiger partial charge in [-0.3, -0.25) is 14.8 Å². The topological polar surface area (TPSA) is 68.2 Å². The van der Waals surface area contributed by atoms with Crippen molar-refractivity contribution in [2.24, 2.45) is 0 Å². The van der Waals surface area contributed by atoms with Crippen LogP contribution in [0.5, 0.6) is 0 Å². The van der Waals surface area contributed by atoms with Crippen LogP contribution in [0.1, 0.15) is 11.7 Å². The molecule has 0 radical (unpaired) electrons. The predicted octanol–water partition coefficient (Wildman–Crippen LogP) is 1.32. The maximum atomic E-state index is 11.1.